The van der Waals surface area contributed by atoms with Gasteiger partial charge in [0.15, 0.2) is 0 Å². The molecule has 1 N–H and O–H groups in total. The lowest BCUT2D eigenvalue weighted by Gasteiger charge is -2.29. The van der Waals surface area contributed by atoms with Crippen LogP contribution in [-0.2, 0) is 0 Å². The number of urea groups is 1. The first-order chi connectivity index (χ1) is 16.3. The lowest BCUT2D eigenvalue weighted by atomic mass is 10.1. The molecule has 7 heteroatoms. The Hall–Kier alpha value is -3.64. The molecule has 1 unspecified atom stereocenters. The molecule has 1 heterocycles. The van der Waals surface area contributed by atoms with E-state index in [4.69, 9.17) is 16.6 Å². The average Bonchev–Trinajstić information content (AvgIpc) is 2.81. The van der Waals surface area contributed by atoms with Crippen LogP contribution in [0.1, 0.15) is 36.8 Å². The Morgan fingerprint density at radius 3 is 2.53 bits per heavy atom. The van der Waals surface area contributed by atoms with Crippen LogP contribution in [0.4, 0.5) is 10.5 Å². The summed E-state index contributed by atoms with van der Waals surface area (Å²) in [5, 5.41) is 3.97. The van der Waals surface area contributed by atoms with Crippen molar-refractivity contribution in [2.45, 2.75) is 33.7 Å². The van der Waals surface area contributed by atoms with Crippen LogP contribution in [-0.4, -0.2) is 27.0 Å². The Morgan fingerprint density at radius 2 is 1.82 bits per heavy atom. The number of rotatable bonds is 5. The van der Waals surface area contributed by atoms with Gasteiger partial charge in [0.25, 0.3) is 5.56 Å². The van der Waals surface area contributed by atoms with Crippen molar-refractivity contribution in [2.24, 2.45) is 0 Å². The molecule has 0 aliphatic carbocycles. The Kier molecular flexibility index (Phi) is 6.70. The van der Waals surface area contributed by atoms with E-state index in [-0.39, 0.29) is 11.6 Å². The van der Waals surface area contributed by atoms with Gasteiger partial charge in [0, 0.05) is 17.3 Å². The van der Waals surface area contributed by atoms with Gasteiger partial charge in [0.05, 0.1) is 22.6 Å². The van der Waals surface area contributed by atoms with E-state index in [1.165, 1.54) is 0 Å². The maximum Gasteiger partial charge on any atom is 0.322 e. The van der Waals surface area contributed by atoms with Gasteiger partial charge in [0.2, 0.25) is 0 Å². The molecule has 3 aromatic carbocycles. The number of halogens is 1. The van der Waals surface area contributed by atoms with Crippen molar-refractivity contribution in [1.29, 1.82) is 0 Å². The number of aryl methyl sites for hydroxylation is 2. The van der Waals surface area contributed by atoms with Crippen molar-refractivity contribution >= 4 is 34.2 Å². The van der Waals surface area contributed by atoms with Gasteiger partial charge >= 0.3 is 6.03 Å². The van der Waals surface area contributed by atoms with Crippen LogP contribution < -0.4 is 10.9 Å². The van der Waals surface area contributed by atoms with Crippen molar-refractivity contribution < 1.29 is 4.79 Å². The van der Waals surface area contributed by atoms with E-state index in [1.807, 2.05) is 64.1 Å². The molecule has 6 nitrogen and oxygen atoms in total. The third-order valence-electron chi connectivity index (χ3n) is 6.07. The number of carbonyl (C=O) groups is 1. The summed E-state index contributed by atoms with van der Waals surface area (Å²) in [6, 6.07) is 19.4. The molecule has 0 saturated heterocycles. The van der Waals surface area contributed by atoms with Gasteiger partial charge in [-0.2, -0.15) is 0 Å². The zero-order valence-electron chi connectivity index (χ0n) is 19.7. The summed E-state index contributed by atoms with van der Waals surface area (Å²) >= 11 is 6.07. The van der Waals surface area contributed by atoms with Gasteiger partial charge in [-0.15, -0.1) is 0 Å². The van der Waals surface area contributed by atoms with Crippen LogP contribution in [0.25, 0.3) is 16.6 Å². The molecule has 2 amide bonds. The van der Waals surface area contributed by atoms with Crippen molar-refractivity contribution in [1.82, 2.24) is 14.5 Å². The van der Waals surface area contributed by atoms with Crippen molar-refractivity contribution in [3.05, 3.63) is 99.1 Å². The monoisotopic (exact) mass is 474 g/mol. The molecule has 4 aromatic rings. The van der Waals surface area contributed by atoms with Gasteiger partial charge < -0.3 is 10.2 Å². The second kappa shape index (κ2) is 9.69. The fourth-order valence-corrected chi connectivity index (χ4v) is 4.23. The van der Waals surface area contributed by atoms with Crippen LogP contribution in [0.5, 0.6) is 0 Å². The number of nitrogens with one attached hydrogen (secondary N) is 1. The summed E-state index contributed by atoms with van der Waals surface area (Å²) in [5.41, 5.74) is 3.96. The number of fused-ring (bicyclic) bond motifs is 1. The Morgan fingerprint density at radius 1 is 1.06 bits per heavy atom. The van der Waals surface area contributed by atoms with Gasteiger partial charge in [-0.25, -0.2) is 9.78 Å². The van der Waals surface area contributed by atoms with E-state index in [0.29, 0.717) is 34.0 Å². The first-order valence-electron chi connectivity index (χ1n) is 11.2. The predicted molar refractivity (Wildman–Crippen MR) is 138 cm³/mol. The third kappa shape index (κ3) is 4.54. The molecule has 0 fully saturated rings. The molecule has 0 aliphatic rings. The van der Waals surface area contributed by atoms with E-state index in [2.05, 4.69) is 5.32 Å². The lowest BCUT2D eigenvalue weighted by molar-refractivity contribution is 0.193. The SMILES string of the molecule is CCN(C(=O)Nc1cccc(Cl)c1)C(C)c1nc2ccccc2c(=O)n1-c1ccc(C)c(C)c1. The highest BCUT2D eigenvalue weighted by molar-refractivity contribution is 6.30. The Labute approximate surface area is 203 Å². The summed E-state index contributed by atoms with van der Waals surface area (Å²) in [6.45, 7) is 8.24. The topological polar surface area (TPSA) is 67.2 Å². The summed E-state index contributed by atoms with van der Waals surface area (Å²) in [4.78, 5) is 33.4. The van der Waals surface area contributed by atoms with E-state index in [9.17, 15) is 9.59 Å². The molecule has 174 valence electrons. The maximum absolute atomic E-state index is 13.6. The number of hydrogen-bond acceptors (Lipinski definition) is 3. The molecule has 1 atom stereocenters. The number of anilines is 1. The molecule has 1 aromatic heterocycles. The fraction of sp³-hybridized carbons (Fsp3) is 0.222. The van der Waals surface area contributed by atoms with E-state index >= 15 is 0 Å². The van der Waals surface area contributed by atoms with E-state index in [1.54, 1.807) is 39.8 Å². The minimum Gasteiger partial charge on any atom is -0.315 e. The molecule has 4 rings (SSSR count). The zero-order valence-corrected chi connectivity index (χ0v) is 20.4. The Bertz CT molecular complexity index is 1430. The van der Waals surface area contributed by atoms with Crippen molar-refractivity contribution in [3.8, 4) is 5.69 Å². The Balaban J connectivity index is 1.83. The minimum absolute atomic E-state index is 0.165. The van der Waals surface area contributed by atoms with Crippen LogP contribution in [0.2, 0.25) is 5.02 Å². The number of para-hydroxylation sites is 1. The quantitative estimate of drug-likeness (QED) is 0.370. The lowest BCUT2D eigenvalue weighted by Crippen LogP contribution is -2.39. The second-order valence-corrected chi connectivity index (χ2v) is 8.74. The van der Waals surface area contributed by atoms with Crippen LogP contribution >= 0.6 is 11.6 Å². The average molecular weight is 475 g/mol. The number of nitrogens with zero attached hydrogens (tertiary/aromatic N) is 3. The molecule has 0 aliphatic heterocycles. The van der Waals surface area contributed by atoms with Gasteiger partial charge in [0.1, 0.15) is 5.82 Å². The fourth-order valence-electron chi connectivity index (χ4n) is 4.04. The molecular formula is C27H27ClN4O2. The molecule has 0 radical (unpaired) electrons. The summed E-state index contributed by atoms with van der Waals surface area (Å²) in [7, 11) is 0. The van der Waals surface area contributed by atoms with Crippen LogP contribution in [0, 0.1) is 13.8 Å². The molecule has 0 spiro atoms. The van der Waals surface area contributed by atoms with Crippen LogP contribution in [0.15, 0.2) is 71.5 Å². The number of benzene rings is 3. The predicted octanol–water partition coefficient (Wildman–Crippen LogP) is 6.27. The normalized spacial score (nSPS) is 11.9. The maximum atomic E-state index is 13.6. The third-order valence-corrected chi connectivity index (χ3v) is 6.30. The number of carbonyl (C=O) groups excluding carboxylic acids is 1. The van der Waals surface area contributed by atoms with E-state index in [0.717, 1.165) is 16.8 Å². The smallest absolute Gasteiger partial charge is 0.315 e. The largest absolute Gasteiger partial charge is 0.322 e. The highest BCUT2D eigenvalue weighted by Crippen LogP contribution is 2.25. The molecule has 34 heavy (non-hydrogen) atoms. The molecule has 0 bridgehead atoms. The number of hydrogen-bond donors (Lipinski definition) is 1. The van der Waals surface area contributed by atoms with Gasteiger partial charge in [-0.3, -0.25) is 9.36 Å². The van der Waals surface area contributed by atoms with Crippen LogP contribution in [0.3, 0.4) is 0 Å². The zero-order chi connectivity index (χ0) is 24.4. The first-order valence-corrected chi connectivity index (χ1v) is 11.6. The molecule has 0 saturated carbocycles. The van der Waals surface area contributed by atoms with Crippen molar-refractivity contribution in [2.75, 3.05) is 11.9 Å². The van der Waals surface area contributed by atoms with E-state index < -0.39 is 6.04 Å². The second-order valence-electron chi connectivity index (χ2n) is 8.30. The minimum atomic E-state index is -0.483. The first kappa shape index (κ1) is 23.5. The number of aromatic nitrogens is 2. The summed E-state index contributed by atoms with van der Waals surface area (Å²) < 4.78 is 1.62. The summed E-state index contributed by atoms with van der Waals surface area (Å²) in [5.74, 6) is 0.495. The van der Waals surface area contributed by atoms with Gasteiger partial charge in [-0.05, 0) is 81.3 Å². The highest BCUT2D eigenvalue weighted by Gasteiger charge is 2.26. The number of amides is 2. The summed E-state index contributed by atoms with van der Waals surface area (Å²) in [6.07, 6.45) is 0. The highest BCUT2D eigenvalue weighted by atomic mass is 35.5. The van der Waals surface area contributed by atoms with Gasteiger partial charge in [-0.1, -0.05) is 35.9 Å². The van der Waals surface area contributed by atoms with Crippen molar-refractivity contribution in [3.63, 3.8) is 0 Å². The standard InChI is InChI=1S/C27H27ClN4O2/c1-5-31(27(34)29-21-10-8-9-20(28)16-21)19(4)25-30-24-12-7-6-11-23(24)26(33)32(25)22-14-13-17(2)18(3)15-22/h6-16,19H,5H2,1-4H3,(H,29,34). The molecular weight excluding hydrogens is 448 g/mol.